The average molecular weight is 327 g/mol. The van der Waals surface area contributed by atoms with E-state index in [4.69, 9.17) is 34.1 Å². The number of nitrogens with zero attached hydrogens (tertiary/aromatic N) is 2. The molecule has 1 fully saturated rings. The summed E-state index contributed by atoms with van der Waals surface area (Å²) in [5.41, 5.74) is 10.7. The number of rotatable bonds is 4. The zero-order chi connectivity index (χ0) is 15.0. The van der Waals surface area contributed by atoms with Crippen LogP contribution in [0.4, 0.5) is 11.4 Å². The Morgan fingerprint density at radius 1 is 1.38 bits per heavy atom. The fraction of sp³-hybridized carbons (Fsp3) is 0.357. The summed E-state index contributed by atoms with van der Waals surface area (Å²) in [5.74, 6) is 0.467. The van der Waals surface area contributed by atoms with Crippen molar-refractivity contribution in [3.05, 3.63) is 30.6 Å². The second-order valence-electron chi connectivity index (χ2n) is 5.50. The lowest BCUT2D eigenvalue weighted by atomic mass is 9.84. The zero-order valence-electron chi connectivity index (χ0n) is 11.3. The molecule has 3 rings (SSSR count). The zero-order valence-corrected chi connectivity index (χ0v) is 12.8. The first-order valence-corrected chi connectivity index (χ1v) is 7.43. The number of alkyl halides is 2. The number of nitrogens with one attached hydrogen (secondary N) is 1. The van der Waals surface area contributed by atoms with Gasteiger partial charge in [-0.2, -0.15) is 5.10 Å². The molecule has 2 aromatic rings. The van der Waals surface area contributed by atoms with Crippen LogP contribution < -0.4 is 11.2 Å². The van der Waals surface area contributed by atoms with Gasteiger partial charge in [0.05, 0.1) is 17.6 Å². The number of benzene rings is 1. The summed E-state index contributed by atoms with van der Waals surface area (Å²) in [6.45, 7) is 0.807. The highest BCUT2D eigenvalue weighted by molar-refractivity contribution is 6.49. The van der Waals surface area contributed by atoms with Crippen molar-refractivity contribution in [2.45, 2.75) is 23.7 Å². The Morgan fingerprint density at radius 2 is 2.14 bits per heavy atom. The number of halogens is 2. The summed E-state index contributed by atoms with van der Waals surface area (Å²) in [7, 11) is 0. The Balaban J connectivity index is 1.73. The van der Waals surface area contributed by atoms with E-state index < -0.39 is 4.33 Å². The molecule has 0 saturated heterocycles. The van der Waals surface area contributed by atoms with Gasteiger partial charge < -0.3 is 5.73 Å². The number of nitrogen functional groups attached to an aromatic ring is 1. The summed E-state index contributed by atoms with van der Waals surface area (Å²) >= 11 is 12.0. The lowest BCUT2D eigenvalue weighted by Gasteiger charge is -2.37. The Bertz CT molecular complexity index is 648. The minimum Gasteiger partial charge on any atom is -0.397 e. The van der Waals surface area contributed by atoms with E-state index in [0.29, 0.717) is 17.3 Å². The highest BCUT2D eigenvalue weighted by atomic mass is 35.5. The molecule has 0 unspecified atom stereocenters. The van der Waals surface area contributed by atoms with E-state index in [1.54, 1.807) is 18.3 Å². The minimum atomic E-state index is -0.556. The number of anilines is 2. The third-order valence-corrected chi connectivity index (χ3v) is 4.38. The van der Waals surface area contributed by atoms with Crippen molar-refractivity contribution in [3.8, 4) is 11.1 Å². The van der Waals surface area contributed by atoms with Gasteiger partial charge in [0, 0.05) is 18.3 Å². The fourth-order valence-electron chi connectivity index (χ4n) is 2.62. The maximum absolute atomic E-state index is 9.03. The van der Waals surface area contributed by atoms with Crippen LogP contribution in [0.1, 0.15) is 12.8 Å². The SMILES string of the molecule is Nc1ccc(-c2cnn(CC3CC(Cl)(Cl)C3)c2)cc1NO. The molecule has 0 spiro atoms. The number of aromatic nitrogens is 2. The van der Waals surface area contributed by atoms with E-state index >= 15 is 0 Å². The first kappa shape index (κ1) is 14.5. The maximum atomic E-state index is 9.03. The predicted molar refractivity (Wildman–Crippen MR) is 84.6 cm³/mol. The van der Waals surface area contributed by atoms with Crippen molar-refractivity contribution in [1.82, 2.24) is 9.78 Å². The van der Waals surface area contributed by atoms with Crippen molar-refractivity contribution in [2.24, 2.45) is 5.92 Å². The molecular weight excluding hydrogens is 311 g/mol. The molecule has 7 heteroatoms. The third-order valence-electron chi connectivity index (χ3n) is 3.76. The van der Waals surface area contributed by atoms with Crippen molar-refractivity contribution < 1.29 is 5.21 Å². The topological polar surface area (TPSA) is 76.1 Å². The summed E-state index contributed by atoms with van der Waals surface area (Å²) in [5, 5.41) is 13.4. The molecule has 112 valence electrons. The molecule has 0 atom stereocenters. The lowest BCUT2D eigenvalue weighted by molar-refractivity contribution is 0.248. The van der Waals surface area contributed by atoms with Gasteiger partial charge >= 0.3 is 0 Å². The summed E-state index contributed by atoms with van der Waals surface area (Å²) in [6, 6.07) is 5.42. The first-order chi connectivity index (χ1) is 9.97. The molecule has 1 aromatic carbocycles. The lowest BCUT2D eigenvalue weighted by Crippen LogP contribution is -2.35. The molecule has 0 bridgehead atoms. The van der Waals surface area contributed by atoms with Gasteiger partial charge in [-0.15, -0.1) is 23.2 Å². The molecule has 5 nitrogen and oxygen atoms in total. The first-order valence-electron chi connectivity index (χ1n) is 6.67. The van der Waals surface area contributed by atoms with Crippen LogP contribution in [0.5, 0.6) is 0 Å². The third kappa shape index (κ3) is 3.10. The predicted octanol–water partition coefficient (Wildman–Crippen LogP) is 3.52. The highest BCUT2D eigenvalue weighted by Crippen LogP contribution is 2.47. The van der Waals surface area contributed by atoms with E-state index in [-0.39, 0.29) is 0 Å². The van der Waals surface area contributed by atoms with Gasteiger partial charge in [0.2, 0.25) is 0 Å². The maximum Gasteiger partial charge on any atom is 0.119 e. The van der Waals surface area contributed by atoms with Crippen LogP contribution in [0.15, 0.2) is 30.6 Å². The second-order valence-corrected chi connectivity index (χ2v) is 7.14. The van der Waals surface area contributed by atoms with Crippen LogP contribution in [0.2, 0.25) is 0 Å². The number of hydrogen-bond donors (Lipinski definition) is 3. The molecule has 1 heterocycles. The minimum absolute atomic E-state index is 0.467. The van der Waals surface area contributed by atoms with Crippen LogP contribution in [-0.2, 0) is 6.54 Å². The average Bonchev–Trinajstić information content (AvgIpc) is 2.86. The Hall–Kier alpha value is -1.43. The Morgan fingerprint density at radius 3 is 2.81 bits per heavy atom. The van der Waals surface area contributed by atoms with Crippen LogP contribution in [0.25, 0.3) is 11.1 Å². The van der Waals surface area contributed by atoms with Gasteiger partial charge in [0.25, 0.3) is 0 Å². The molecule has 1 aliphatic rings. The largest absolute Gasteiger partial charge is 0.397 e. The quantitative estimate of drug-likeness (QED) is 0.456. The molecule has 1 aliphatic carbocycles. The molecule has 21 heavy (non-hydrogen) atoms. The van der Waals surface area contributed by atoms with Gasteiger partial charge in [0.15, 0.2) is 0 Å². The summed E-state index contributed by atoms with van der Waals surface area (Å²) in [4.78, 5) is 0. The van der Waals surface area contributed by atoms with E-state index in [0.717, 1.165) is 30.5 Å². The van der Waals surface area contributed by atoms with Crippen LogP contribution >= 0.6 is 23.2 Å². The number of nitrogens with two attached hydrogens (primary N) is 1. The fourth-order valence-corrected chi connectivity index (χ4v) is 3.50. The Labute approximate surface area is 132 Å². The normalized spacial score (nSPS) is 17.5. The summed E-state index contributed by atoms with van der Waals surface area (Å²) < 4.78 is 1.34. The van der Waals surface area contributed by atoms with Crippen molar-refractivity contribution in [1.29, 1.82) is 0 Å². The molecule has 0 aliphatic heterocycles. The van der Waals surface area contributed by atoms with Crippen molar-refractivity contribution in [2.75, 3.05) is 11.2 Å². The highest BCUT2D eigenvalue weighted by Gasteiger charge is 2.41. The van der Waals surface area contributed by atoms with E-state index in [1.165, 1.54) is 0 Å². The van der Waals surface area contributed by atoms with Crippen LogP contribution in [0, 0.1) is 5.92 Å². The van der Waals surface area contributed by atoms with Gasteiger partial charge in [-0.1, -0.05) is 6.07 Å². The van der Waals surface area contributed by atoms with Gasteiger partial charge in [-0.05, 0) is 36.5 Å². The van der Waals surface area contributed by atoms with E-state index in [1.807, 2.05) is 16.9 Å². The van der Waals surface area contributed by atoms with Crippen molar-refractivity contribution in [3.63, 3.8) is 0 Å². The van der Waals surface area contributed by atoms with Gasteiger partial charge in [-0.25, -0.2) is 0 Å². The molecule has 1 saturated carbocycles. The monoisotopic (exact) mass is 326 g/mol. The smallest absolute Gasteiger partial charge is 0.119 e. The van der Waals surface area contributed by atoms with Crippen LogP contribution in [0.3, 0.4) is 0 Å². The standard InChI is InChI=1S/C14H16Cl2N4O/c15-14(16)4-9(5-14)7-20-8-11(6-18-20)10-1-2-12(17)13(3-10)19-21/h1-3,6,8-9,19,21H,4-5,7,17H2. The van der Waals surface area contributed by atoms with E-state index in [2.05, 4.69) is 10.6 Å². The second kappa shape index (κ2) is 5.40. The molecule has 1 aromatic heterocycles. The van der Waals surface area contributed by atoms with Gasteiger partial charge in [-0.3, -0.25) is 15.4 Å². The van der Waals surface area contributed by atoms with Crippen LogP contribution in [-0.4, -0.2) is 19.3 Å². The van der Waals surface area contributed by atoms with E-state index in [9.17, 15) is 0 Å². The Kier molecular flexibility index (Phi) is 3.73. The van der Waals surface area contributed by atoms with Gasteiger partial charge in [0.1, 0.15) is 4.33 Å². The molecule has 0 radical (unpaired) electrons. The van der Waals surface area contributed by atoms with Crippen molar-refractivity contribution >= 4 is 34.6 Å². The molecule has 0 amide bonds. The molecule has 4 N–H and O–H groups in total. The molecular formula is C14H16Cl2N4O. The summed E-state index contributed by atoms with van der Waals surface area (Å²) in [6.07, 6.45) is 5.35. The number of hydrogen-bond acceptors (Lipinski definition) is 4.